The Bertz CT molecular complexity index is 265. The minimum absolute atomic E-state index is 0.0961. The van der Waals surface area contributed by atoms with E-state index in [1.54, 1.807) is 14.0 Å². The maximum Gasteiger partial charge on any atom is 0.407 e. The number of nitrogens with one attached hydrogen (secondary N) is 1. The van der Waals surface area contributed by atoms with Gasteiger partial charge in [-0.2, -0.15) is 0 Å². The molecule has 0 aliphatic carbocycles. The number of carbonyl (C=O) groups excluding carboxylic acids is 2. The lowest BCUT2D eigenvalue weighted by Crippen LogP contribution is -2.29. The van der Waals surface area contributed by atoms with Gasteiger partial charge in [-0.25, -0.2) is 9.59 Å². The molecule has 6 nitrogen and oxygen atoms in total. The van der Waals surface area contributed by atoms with Gasteiger partial charge in [-0.3, -0.25) is 0 Å². The first-order valence-electron chi connectivity index (χ1n) is 5.30. The molecule has 98 valence electrons. The number of esters is 1. The second kappa shape index (κ2) is 9.65. The van der Waals surface area contributed by atoms with Crippen LogP contribution >= 0.6 is 0 Å². The fraction of sp³-hybridized carbons (Fsp3) is 0.636. The molecule has 0 aliphatic rings. The van der Waals surface area contributed by atoms with E-state index < -0.39 is 12.1 Å². The zero-order chi connectivity index (χ0) is 13.1. The monoisotopic (exact) mass is 245 g/mol. The zero-order valence-electron chi connectivity index (χ0n) is 10.3. The summed E-state index contributed by atoms with van der Waals surface area (Å²) in [7, 11) is 1.58. The number of methoxy groups -OCH3 is 1. The van der Waals surface area contributed by atoms with Crippen molar-refractivity contribution >= 4 is 12.1 Å². The number of alkyl carbamates (subject to hydrolysis) is 1. The van der Waals surface area contributed by atoms with Crippen molar-refractivity contribution in [2.45, 2.75) is 13.3 Å². The molecule has 0 fully saturated rings. The average molecular weight is 245 g/mol. The van der Waals surface area contributed by atoms with Crippen molar-refractivity contribution in [2.24, 2.45) is 0 Å². The molecule has 0 bridgehead atoms. The van der Waals surface area contributed by atoms with Gasteiger partial charge in [-0.15, -0.1) is 0 Å². The number of ether oxygens (including phenoxy) is 3. The SMILES string of the molecule is C=C(C)C(=O)OCCNC(=O)OCCCOC. The van der Waals surface area contributed by atoms with E-state index in [1.807, 2.05) is 0 Å². The number of hydrogen-bond acceptors (Lipinski definition) is 5. The van der Waals surface area contributed by atoms with E-state index in [0.717, 1.165) is 0 Å². The van der Waals surface area contributed by atoms with E-state index in [2.05, 4.69) is 11.9 Å². The van der Waals surface area contributed by atoms with E-state index in [1.165, 1.54) is 0 Å². The largest absolute Gasteiger partial charge is 0.460 e. The van der Waals surface area contributed by atoms with Gasteiger partial charge in [0, 0.05) is 25.7 Å². The highest BCUT2D eigenvalue weighted by Gasteiger charge is 2.04. The molecule has 0 atom stereocenters. The molecule has 0 unspecified atom stereocenters. The van der Waals surface area contributed by atoms with Gasteiger partial charge >= 0.3 is 12.1 Å². The molecule has 1 N–H and O–H groups in total. The lowest BCUT2D eigenvalue weighted by Gasteiger charge is -2.07. The minimum atomic E-state index is -0.535. The van der Waals surface area contributed by atoms with Crippen LogP contribution in [0.4, 0.5) is 4.79 Å². The summed E-state index contributed by atoms with van der Waals surface area (Å²) in [5.41, 5.74) is 0.326. The summed E-state index contributed by atoms with van der Waals surface area (Å²) in [4.78, 5) is 22.0. The smallest absolute Gasteiger partial charge is 0.407 e. The molecule has 0 radical (unpaired) electrons. The average Bonchev–Trinajstić information content (AvgIpc) is 2.29. The first-order chi connectivity index (χ1) is 8.07. The summed E-state index contributed by atoms with van der Waals surface area (Å²) in [6, 6.07) is 0. The van der Waals surface area contributed by atoms with Crippen LogP contribution in [0.1, 0.15) is 13.3 Å². The summed E-state index contributed by atoms with van der Waals surface area (Å²) < 4.78 is 14.4. The minimum Gasteiger partial charge on any atom is -0.460 e. The predicted molar refractivity (Wildman–Crippen MR) is 61.6 cm³/mol. The molecule has 17 heavy (non-hydrogen) atoms. The van der Waals surface area contributed by atoms with Crippen molar-refractivity contribution in [3.8, 4) is 0 Å². The van der Waals surface area contributed by atoms with Crippen molar-refractivity contribution in [2.75, 3.05) is 33.5 Å². The molecular weight excluding hydrogens is 226 g/mol. The van der Waals surface area contributed by atoms with E-state index in [9.17, 15) is 9.59 Å². The van der Waals surface area contributed by atoms with Crippen molar-refractivity contribution in [1.29, 1.82) is 0 Å². The highest BCUT2D eigenvalue weighted by atomic mass is 16.6. The van der Waals surface area contributed by atoms with E-state index in [4.69, 9.17) is 14.2 Å². The molecule has 0 heterocycles. The highest BCUT2D eigenvalue weighted by Crippen LogP contribution is 1.90. The first-order valence-corrected chi connectivity index (χ1v) is 5.30. The van der Waals surface area contributed by atoms with Crippen LogP contribution < -0.4 is 5.32 Å². The van der Waals surface area contributed by atoms with Crippen molar-refractivity contribution in [3.05, 3.63) is 12.2 Å². The summed E-state index contributed by atoms with van der Waals surface area (Å²) in [6.45, 7) is 6.13. The second-order valence-electron chi connectivity index (χ2n) is 3.33. The first kappa shape index (κ1) is 15.4. The Labute approximate surface area is 101 Å². The lowest BCUT2D eigenvalue weighted by atomic mass is 10.4. The van der Waals surface area contributed by atoms with Gasteiger partial charge in [-0.1, -0.05) is 6.58 Å². The van der Waals surface area contributed by atoms with Crippen LogP contribution in [-0.2, 0) is 19.0 Å². The van der Waals surface area contributed by atoms with Crippen molar-refractivity contribution in [3.63, 3.8) is 0 Å². The van der Waals surface area contributed by atoms with Gasteiger partial charge in [0.05, 0.1) is 13.2 Å². The van der Waals surface area contributed by atoms with Crippen LogP contribution in [0.15, 0.2) is 12.2 Å². The molecule has 0 spiro atoms. The molecule has 0 saturated carbocycles. The quantitative estimate of drug-likeness (QED) is 0.390. The third-order valence-corrected chi connectivity index (χ3v) is 1.68. The van der Waals surface area contributed by atoms with E-state index in [0.29, 0.717) is 25.2 Å². The Morgan fingerprint density at radius 2 is 1.88 bits per heavy atom. The molecule has 1 amide bonds. The standard InChI is InChI=1S/C11H19NO5/c1-9(2)10(13)16-8-5-12-11(14)17-7-4-6-15-3/h1,4-8H2,2-3H3,(H,12,14). The molecular formula is C11H19NO5. The lowest BCUT2D eigenvalue weighted by molar-refractivity contribution is -0.138. The van der Waals surface area contributed by atoms with Gasteiger partial charge in [0.2, 0.25) is 0 Å². The molecule has 0 saturated heterocycles. The number of hydrogen-bond donors (Lipinski definition) is 1. The second-order valence-corrected chi connectivity index (χ2v) is 3.33. The summed E-state index contributed by atoms with van der Waals surface area (Å²) in [5, 5.41) is 2.44. The van der Waals surface area contributed by atoms with Gasteiger partial charge in [0.25, 0.3) is 0 Å². The Morgan fingerprint density at radius 1 is 1.18 bits per heavy atom. The van der Waals surface area contributed by atoms with Crippen molar-refractivity contribution < 1.29 is 23.8 Å². The maximum absolute atomic E-state index is 11.1. The zero-order valence-corrected chi connectivity index (χ0v) is 10.3. The van der Waals surface area contributed by atoms with Crippen molar-refractivity contribution in [1.82, 2.24) is 5.32 Å². The van der Waals surface area contributed by atoms with E-state index >= 15 is 0 Å². The van der Waals surface area contributed by atoms with Gasteiger partial charge in [0.1, 0.15) is 6.61 Å². The molecule has 6 heteroatoms. The van der Waals surface area contributed by atoms with Crippen LogP contribution in [0.25, 0.3) is 0 Å². The molecule has 0 aromatic carbocycles. The number of amides is 1. The Kier molecular flexibility index (Phi) is 8.77. The van der Waals surface area contributed by atoms with Crippen LogP contribution in [0.3, 0.4) is 0 Å². The Balaban J connectivity index is 3.39. The number of rotatable bonds is 8. The molecule has 0 aromatic heterocycles. The van der Waals surface area contributed by atoms with Crippen LogP contribution in [-0.4, -0.2) is 45.5 Å². The molecule has 0 rings (SSSR count). The normalized spacial score (nSPS) is 9.53. The highest BCUT2D eigenvalue weighted by molar-refractivity contribution is 5.86. The van der Waals surface area contributed by atoms with Crippen LogP contribution in [0.5, 0.6) is 0 Å². The van der Waals surface area contributed by atoms with Crippen LogP contribution in [0, 0.1) is 0 Å². The Hall–Kier alpha value is -1.56. The molecule has 0 aromatic rings. The summed E-state index contributed by atoms with van der Waals surface area (Å²) in [5.74, 6) is -0.472. The Morgan fingerprint density at radius 3 is 2.47 bits per heavy atom. The maximum atomic E-state index is 11.1. The third-order valence-electron chi connectivity index (χ3n) is 1.68. The summed E-state index contributed by atoms with van der Waals surface area (Å²) in [6.07, 6.45) is 0.113. The third kappa shape index (κ3) is 9.37. The van der Waals surface area contributed by atoms with Crippen LogP contribution in [0.2, 0.25) is 0 Å². The topological polar surface area (TPSA) is 73.9 Å². The number of carbonyl (C=O) groups is 2. The predicted octanol–water partition coefficient (Wildman–Crippen LogP) is 0.868. The van der Waals surface area contributed by atoms with Gasteiger partial charge < -0.3 is 19.5 Å². The van der Waals surface area contributed by atoms with E-state index in [-0.39, 0.29) is 13.2 Å². The summed E-state index contributed by atoms with van der Waals surface area (Å²) >= 11 is 0. The fourth-order valence-corrected chi connectivity index (χ4v) is 0.839. The van der Waals surface area contributed by atoms with Gasteiger partial charge in [0.15, 0.2) is 0 Å². The van der Waals surface area contributed by atoms with Gasteiger partial charge in [-0.05, 0) is 6.92 Å². The molecule has 0 aliphatic heterocycles. The fourth-order valence-electron chi connectivity index (χ4n) is 0.839.